The van der Waals surface area contributed by atoms with Crippen molar-refractivity contribution in [2.45, 2.75) is 46.1 Å². The van der Waals surface area contributed by atoms with Gasteiger partial charge in [-0.05, 0) is 32.3 Å². The van der Waals surface area contributed by atoms with Gasteiger partial charge in [-0.25, -0.2) is 0 Å². The highest BCUT2D eigenvalue weighted by molar-refractivity contribution is 5.87. The zero-order valence-electron chi connectivity index (χ0n) is 9.18. The van der Waals surface area contributed by atoms with Crippen LogP contribution in [0.4, 0.5) is 0 Å². The van der Waals surface area contributed by atoms with E-state index in [-0.39, 0.29) is 11.4 Å². The molecule has 0 saturated heterocycles. The van der Waals surface area contributed by atoms with Crippen LogP contribution < -0.4 is 5.32 Å². The third kappa shape index (κ3) is 5.45. The molecule has 0 aromatic rings. The van der Waals surface area contributed by atoms with Gasteiger partial charge in [-0.3, -0.25) is 4.79 Å². The van der Waals surface area contributed by atoms with Gasteiger partial charge in [0.05, 0.1) is 0 Å². The summed E-state index contributed by atoms with van der Waals surface area (Å²) in [5, 5.41) is 2.91. The molecule has 1 amide bonds. The number of hydrogen-bond acceptors (Lipinski definition) is 1. The van der Waals surface area contributed by atoms with E-state index in [0.29, 0.717) is 5.92 Å². The van der Waals surface area contributed by atoms with E-state index in [1.165, 1.54) is 6.08 Å². The molecular formula is C11H21NO. The molecule has 76 valence electrons. The molecule has 2 heteroatoms. The Labute approximate surface area is 81.4 Å². The highest BCUT2D eigenvalue weighted by Crippen LogP contribution is 2.18. The number of rotatable bonds is 5. The molecular weight excluding hydrogens is 162 g/mol. The van der Waals surface area contributed by atoms with Gasteiger partial charge in [-0.15, -0.1) is 0 Å². The van der Waals surface area contributed by atoms with Crippen molar-refractivity contribution < 1.29 is 4.79 Å². The van der Waals surface area contributed by atoms with E-state index in [2.05, 4.69) is 25.7 Å². The van der Waals surface area contributed by atoms with Gasteiger partial charge in [0.25, 0.3) is 0 Å². The van der Waals surface area contributed by atoms with Gasteiger partial charge >= 0.3 is 0 Å². The topological polar surface area (TPSA) is 29.1 Å². The van der Waals surface area contributed by atoms with Gasteiger partial charge in [0.2, 0.25) is 5.91 Å². The Kier molecular flexibility index (Phi) is 4.74. The summed E-state index contributed by atoms with van der Waals surface area (Å²) >= 11 is 0. The first-order chi connectivity index (χ1) is 5.91. The average Bonchev–Trinajstić information content (AvgIpc) is 2.02. The van der Waals surface area contributed by atoms with Crippen molar-refractivity contribution in [3.63, 3.8) is 0 Å². The first-order valence-corrected chi connectivity index (χ1v) is 4.86. The normalized spacial score (nSPS) is 13.5. The van der Waals surface area contributed by atoms with Crippen LogP contribution in [-0.2, 0) is 4.79 Å². The quantitative estimate of drug-likeness (QED) is 0.652. The summed E-state index contributed by atoms with van der Waals surface area (Å²) < 4.78 is 0. The molecule has 0 aliphatic carbocycles. The Hall–Kier alpha value is -0.790. The van der Waals surface area contributed by atoms with Crippen LogP contribution in [-0.4, -0.2) is 11.4 Å². The van der Waals surface area contributed by atoms with Gasteiger partial charge in [0, 0.05) is 5.54 Å². The standard InChI is InChI=1S/C11H21NO/c1-6-9(3)8-11(4,5)12-10(13)7-2/h7,9H,2,6,8H2,1,3-5H3,(H,12,13). The number of hydrogen-bond donors (Lipinski definition) is 1. The molecule has 0 radical (unpaired) electrons. The van der Waals surface area contributed by atoms with Crippen LogP contribution in [0.15, 0.2) is 12.7 Å². The summed E-state index contributed by atoms with van der Waals surface area (Å²) in [5.74, 6) is 0.549. The number of carbonyl (C=O) groups is 1. The van der Waals surface area contributed by atoms with Crippen molar-refractivity contribution in [3.05, 3.63) is 12.7 Å². The fourth-order valence-electron chi connectivity index (χ4n) is 1.45. The Bertz CT molecular complexity index is 185. The lowest BCUT2D eigenvalue weighted by Gasteiger charge is -2.28. The number of nitrogens with one attached hydrogen (secondary N) is 1. The van der Waals surface area contributed by atoms with E-state index < -0.39 is 0 Å². The Balaban J connectivity index is 4.06. The zero-order valence-corrected chi connectivity index (χ0v) is 9.18. The van der Waals surface area contributed by atoms with Gasteiger partial charge in [0.15, 0.2) is 0 Å². The summed E-state index contributed by atoms with van der Waals surface area (Å²) in [5.41, 5.74) is -0.124. The van der Waals surface area contributed by atoms with Crippen LogP contribution in [0.25, 0.3) is 0 Å². The second-order valence-corrected chi connectivity index (χ2v) is 4.29. The van der Waals surface area contributed by atoms with Crippen molar-refractivity contribution in [2.24, 2.45) is 5.92 Å². The molecule has 0 bridgehead atoms. The van der Waals surface area contributed by atoms with Crippen LogP contribution in [0.2, 0.25) is 0 Å². The van der Waals surface area contributed by atoms with Gasteiger partial charge in [-0.1, -0.05) is 26.8 Å². The van der Waals surface area contributed by atoms with Crippen LogP contribution in [0, 0.1) is 5.92 Å². The van der Waals surface area contributed by atoms with Crippen molar-refractivity contribution >= 4 is 5.91 Å². The summed E-state index contributed by atoms with van der Waals surface area (Å²) in [7, 11) is 0. The summed E-state index contributed by atoms with van der Waals surface area (Å²) in [6.07, 6.45) is 3.47. The molecule has 0 aromatic carbocycles. The van der Waals surface area contributed by atoms with Crippen LogP contribution in [0.3, 0.4) is 0 Å². The maximum Gasteiger partial charge on any atom is 0.243 e. The third-order valence-corrected chi connectivity index (χ3v) is 2.20. The molecule has 0 fully saturated rings. The molecule has 0 aliphatic rings. The van der Waals surface area contributed by atoms with E-state index in [1.54, 1.807) is 0 Å². The monoisotopic (exact) mass is 183 g/mol. The highest BCUT2D eigenvalue weighted by Gasteiger charge is 2.21. The Morgan fingerprint density at radius 1 is 1.62 bits per heavy atom. The van der Waals surface area contributed by atoms with E-state index in [1.807, 2.05) is 13.8 Å². The molecule has 2 nitrogen and oxygen atoms in total. The second-order valence-electron chi connectivity index (χ2n) is 4.29. The van der Waals surface area contributed by atoms with Crippen molar-refractivity contribution in [1.82, 2.24) is 5.32 Å². The second kappa shape index (κ2) is 5.05. The fraction of sp³-hybridized carbons (Fsp3) is 0.727. The maximum absolute atomic E-state index is 11.1. The van der Waals surface area contributed by atoms with E-state index >= 15 is 0 Å². The molecule has 1 unspecified atom stereocenters. The molecule has 0 saturated carbocycles. The Morgan fingerprint density at radius 2 is 2.15 bits per heavy atom. The minimum Gasteiger partial charge on any atom is -0.348 e. The van der Waals surface area contributed by atoms with Gasteiger partial charge in [-0.2, -0.15) is 0 Å². The minimum absolute atomic E-state index is 0.0895. The van der Waals surface area contributed by atoms with E-state index in [9.17, 15) is 4.79 Å². The Morgan fingerprint density at radius 3 is 2.54 bits per heavy atom. The predicted octanol–water partition coefficient (Wildman–Crippen LogP) is 2.50. The summed E-state index contributed by atoms with van der Waals surface area (Å²) in [6, 6.07) is 0. The molecule has 0 rings (SSSR count). The van der Waals surface area contributed by atoms with Gasteiger partial charge < -0.3 is 5.32 Å². The lowest BCUT2D eigenvalue weighted by molar-refractivity contribution is -0.118. The number of carbonyl (C=O) groups excluding carboxylic acids is 1. The molecule has 1 atom stereocenters. The first kappa shape index (κ1) is 12.2. The zero-order chi connectivity index (χ0) is 10.5. The van der Waals surface area contributed by atoms with Crippen LogP contribution >= 0.6 is 0 Å². The minimum atomic E-state index is -0.124. The van der Waals surface area contributed by atoms with Gasteiger partial charge in [0.1, 0.15) is 0 Å². The highest BCUT2D eigenvalue weighted by atomic mass is 16.1. The van der Waals surface area contributed by atoms with E-state index in [0.717, 1.165) is 12.8 Å². The van der Waals surface area contributed by atoms with Crippen molar-refractivity contribution in [3.8, 4) is 0 Å². The molecule has 13 heavy (non-hydrogen) atoms. The summed E-state index contributed by atoms with van der Waals surface area (Å²) in [4.78, 5) is 11.1. The lowest BCUT2D eigenvalue weighted by Crippen LogP contribution is -2.43. The molecule has 0 heterocycles. The third-order valence-electron chi connectivity index (χ3n) is 2.20. The summed E-state index contributed by atoms with van der Waals surface area (Å²) in [6.45, 7) is 11.9. The van der Waals surface area contributed by atoms with Crippen LogP contribution in [0.1, 0.15) is 40.5 Å². The smallest absolute Gasteiger partial charge is 0.243 e. The molecule has 0 spiro atoms. The maximum atomic E-state index is 11.1. The van der Waals surface area contributed by atoms with Crippen molar-refractivity contribution in [1.29, 1.82) is 0 Å². The van der Waals surface area contributed by atoms with Crippen LogP contribution in [0.5, 0.6) is 0 Å². The first-order valence-electron chi connectivity index (χ1n) is 4.86. The largest absolute Gasteiger partial charge is 0.348 e. The molecule has 1 N–H and O–H groups in total. The average molecular weight is 183 g/mol. The lowest BCUT2D eigenvalue weighted by atomic mass is 9.90. The van der Waals surface area contributed by atoms with E-state index in [4.69, 9.17) is 0 Å². The number of amides is 1. The predicted molar refractivity (Wildman–Crippen MR) is 56.5 cm³/mol. The fourth-order valence-corrected chi connectivity index (χ4v) is 1.45. The SMILES string of the molecule is C=CC(=O)NC(C)(C)CC(C)CC. The van der Waals surface area contributed by atoms with Crippen molar-refractivity contribution in [2.75, 3.05) is 0 Å². The molecule has 0 aliphatic heterocycles. The molecule has 0 aromatic heterocycles.